The van der Waals surface area contributed by atoms with Gasteiger partial charge >= 0.3 is 0 Å². The van der Waals surface area contributed by atoms with E-state index in [-0.39, 0.29) is 29.9 Å². The van der Waals surface area contributed by atoms with Crippen molar-refractivity contribution in [3.05, 3.63) is 64.7 Å². The van der Waals surface area contributed by atoms with E-state index in [1.54, 1.807) is 0 Å². The van der Waals surface area contributed by atoms with Crippen LogP contribution in [0.1, 0.15) is 47.8 Å². The van der Waals surface area contributed by atoms with Crippen molar-refractivity contribution in [3.8, 4) is 5.75 Å². The fraction of sp³-hybridized carbons (Fsp3) is 0.391. The number of hydrogen-bond donors (Lipinski definition) is 3. The number of hydrogen-bond acceptors (Lipinski definition) is 3. The zero-order valence-electron chi connectivity index (χ0n) is 18.2. The quantitative estimate of drug-likeness (QED) is 0.263. The lowest BCUT2D eigenvalue weighted by Crippen LogP contribution is -2.36. The van der Waals surface area contributed by atoms with Crippen molar-refractivity contribution in [1.29, 1.82) is 0 Å². The molecule has 0 radical (unpaired) electrons. The summed E-state index contributed by atoms with van der Waals surface area (Å²) in [5.41, 5.74) is 3.89. The maximum absolute atomic E-state index is 12.0. The third kappa shape index (κ3) is 8.22. The number of amides is 1. The van der Waals surface area contributed by atoms with E-state index in [2.05, 4.69) is 46.1 Å². The molecule has 0 spiro atoms. The number of halogens is 1. The van der Waals surface area contributed by atoms with Gasteiger partial charge in [0.15, 0.2) is 5.96 Å². The van der Waals surface area contributed by atoms with Crippen molar-refractivity contribution in [2.24, 2.45) is 4.99 Å². The zero-order chi connectivity index (χ0) is 21.1. The predicted molar refractivity (Wildman–Crippen MR) is 134 cm³/mol. The lowest BCUT2D eigenvalue weighted by Gasteiger charge is -2.15. The molecule has 0 bridgehead atoms. The van der Waals surface area contributed by atoms with Gasteiger partial charge in [-0.25, -0.2) is 4.99 Å². The van der Waals surface area contributed by atoms with Gasteiger partial charge in [0.1, 0.15) is 5.75 Å². The first kappa shape index (κ1) is 25.7. The van der Waals surface area contributed by atoms with Gasteiger partial charge in [-0.05, 0) is 57.0 Å². The van der Waals surface area contributed by atoms with Crippen LogP contribution in [0.4, 0.5) is 0 Å². The summed E-state index contributed by atoms with van der Waals surface area (Å²) in [5.74, 6) is 1.55. The Morgan fingerprint density at radius 1 is 1.00 bits per heavy atom. The van der Waals surface area contributed by atoms with Gasteiger partial charge in [-0.15, -0.1) is 24.0 Å². The van der Waals surface area contributed by atoms with E-state index in [4.69, 9.17) is 4.74 Å². The number of nitrogens with zero attached hydrogens (tertiary/aromatic N) is 1. The van der Waals surface area contributed by atoms with E-state index >= 15 is 0 Å². The van der Waals surface area contributed by atoms with Crippen molar-refractivity contribution >= 4 is 35.8 Å². The molecule has 164 valence electrons. The molecule has 0 atom stereocenters. The average molecular weight is 524 g/mol. The molecular weight excluding hydrogens is 491 g/mol. The standard InChI is InChI=1S/C23H32N4O2.HI/c1-5-24-22(28)19-10-8-9-18(14-19)15-26-23(25-6-2)27-16-20-12-11-17(4)13-21(20)29-7-3;/h8-14H,5-7,15-16H2,1-4H3,(H,24,28)(H2,25,26,27);1H. The van der Waals surface area contributed by atoms with Crippen LogP contribution in [-0.4, -0.2) is 31.6 Å². The molecule has 0 saturated carbocycles. The molecule has 30 heavy (non-hydrogen) atoms. The molecule has 3 N–H and O–H groups in total. The summed E-state index contributed by atoms with van der Waals surface area (Å²) in [5, 5.41) is 9.45. The number of carbonyl (C=O) groups is 1. The first-order chi connectivity index (χ1) is 14.1. The van der Waals surface area contributed by atoms with Crippen LogP contribution in [0, 0.1) is 6.92 Å². The Hall–Kier alpha value is -2.29. The Morgan fingerprint density at radius 2 is 1.77 bits per heavy atom. The Balaban J connectivity index is 0.00000450. The van der Waals surface area contributed by atoms with E-state index in [0.29, 0.717) is 31.8 Å². The van der Waals surface area contributed by atoms with Crippen molar-refractivity contribution < 1.29 is 9.53 Å². The lowest BCUT2D eigenvalue weighted by molar-refractivity contribution is 0.0955. The summed E-state index contributed by atoms with van der Waals surface area (Å²) >= 11 is 0. The molecular formula is C23H33IN4O2. The maximum Gasteiger partial charge on any atom is 0.251 e. The highest BCUT2D eigenvalue weighted by Gasteiger charge is 2.07. The second-order valence-electron chi connectivity index (χ2n) is 6.65. The zero-order valence-corrected chi connectivity index (χ0v) is 20.6. The fourth-order valence-electron chi connectivity index (χ4n) is 2.86. The molecule has 6 nitrogen and oxygen atoms in total. The lowest BCUT2D eigenvalue weighted by atomic mass is 10.1. The number of rotatable bonds is 9. The van der Waals surface area contributed by atoms with Crippen molar-refractivity contribution in [3.63, 3.8) is 0 Å². The minimum Gasteiger partial charge on any atom is -0.494 e. The molecule has 0 aliphatic heterocycles. The van der Waals surface area contributed by atoms with E-state index in [1.807, 2.05) is 45.0 Å². The molecule has 0 aliphatic carbocycles. The van der Waals surface area contributed by atoms with Crippen LogP contribution in [0.25, 0.3) is 0 Å². The first-order valence-electron chi connectivity index (χ1n) is 10.2. The molecule has 2 aromatic carbocycles. The Kier molecular flexibility index (Phi) is 11.9. The van der Waals surface area contributed by atoms with Gasteiger partial charge in [-0.3, -0.25) is 4.79 Å². The van der Waals surface area contributed by atoms with E-state index < -0.39 is 0 Å². The summed E-state index contributed by atoms with van der Waals surface area (Å²) in [6.07, 6.45) is 0. The summed E-state index contributed by atoms with van der Waals surface area (Å²) in [4.78, 5) is 16.7. The summed E-state index contributed by atoms with van der Waals surface area (Å²) in [7, 11) is 0. The predicted octanol–water partition coefficient (Wildman–Crippen LogP) is 4.02. The Bertz CT molecular complexity index is 840. The second-order valence-corrected chi connectivity index (χ2v) is 6.65. The van der Waals surface area contributed by atoms with E-state index in [1.165, 1.54) is 5.56 Å². The largest absolute Gasteiger partial charge is 0.494 e. The number of carbonyl (C=O) groups excluding carboxylic acids is 1. The van der Waals surface area contributed by atoms with Gasteiger partial charge in [0, 0.05) is 30.8 Å². The highest BCUT2D eigenvalue weighted by Crippen LogP contribution is 2.20. The summed E-state index contributed by atoms with van der Waals surface area (Å²) < 4.78 is 5.76. The third-order valence-corrected chi connectivity index (χ3v) is 4.26. The number of ether oxygens (including phenoxy) is 1. The third-order valence-electron chi connectivity index (χ3n) is 4.26. The van der Waals surface area contributed by atoms with Crippen LogP contribution >= 0.6 is 24.0 Å². The van der Waals surface area contributed by atoms with E-state index in [0.717, 1.165) is 29.4 Å². The van der Waals surface area contributed by atoms with Crippen LogP contribution in [-0.2, 0) is 13.1 Å². The highest BCUT2D eigenvalue weighted by molar-refractivity contribution is 14.0. The van der Waals surface area contributed by atoms with Crippen molar-refractivity contribution in [2.75, 3.05) is 19.7 Å². The van der Waals surface area contributed by atoms with Crippen LogP contribution in [0.3, 0.4) is 0 Å². The Morgan fingerprint density at radius 3 is 2.47 bits per heavy atom. The molecule has 0 heterocycles. The molecule has 0 saturated heterocycles. The van der Waals surface area contributed by atoms with Gasteiger partial charge < -0.3 is 20.7 Å². The first-order valence-corrected chi connectivity index (χ1v) is 10.2. The molecule has 2 aromatic rings. The minimum atomic E-state index is -0.0637. The van der Waals surface area contributed by atoms with Gasteiger partial charge in [-0.2, -0.15) is 0 Å². The van der Waals surface area contributed by atoms with Crippen LogP contribution in [0.2, 0.25) is 0 Å². The molecule has 0 aliphatic rings. The molecule has 2 rings (SSSR count). The van der Waals surface area contributed by atoms with E-state index in [9.17, 15) is 4.79 Å². The molecule has 0 unspecified atom stereocenters. The van der Waals surface area contributed by atoms with Crippen LogP contribution < -0.4 is 20.7 Å². The van der Waals surface area contributed by atoms with Gasteiger partial charge in [0.05, 0.1) is 13.2 Å². The number of nitrogens with one attached hydrogen (secondary N) is 3. The Labute approximate surface area is 196 Å². The van der Waals surface area contributed by atoms with Gasteiger partial charge in [0.2, 0.25) is 0 Å². The highest BCUT2D eigenvalue weighted by atomic mass is 127. The minimum absolute atomic E-state index is 0. The van der Waals surface area contributed by atoms with Crippen molar-refractivity contribution in [1.82, 2.24) is 16.0 Å². The SMILES string of the molecule is CCNC(=O)c1cccc(CN=C(NCC)NCc2ccc(C)cc2OCC)c1.I. The smallest absolute Gasteiger partial charge is 0.251 e. The monoisotopic (exact) mass is 524 g/mol. The maximum atomic E-state index is 12.0. The van der Waals surface area contributed by atoms with Crippen molar-refractivity contribution in [2.45, 2.75) is 40.8 Å². The number of benzene rings is 2. The topological polar surface area (TPSA) is 74.8 Å². The fourth-order valence-corrected chi connectivity index (χ4v) is 2.86. The second kappa shape index (κ2) is 13.8. The summed E-state index contributed by atoms with van der Waals surface area (Å²) in [6, 6.07) is 13.8. The number of aryl methyl sites for hydroxylation is 1. The van der Waals surface area contributed by atoms with Crippen LogP contribution in [0.5, 0.6) is 5.75 Å². The molecule has 7 heteroatoms. The molecule has 1 amide bonds. The normalized spacial score (nSPS) is 10.7. The number of guanidine groups is 1. The molecule has 0 fully saturated rings. The molecule has 0 aromatic heterocycles. The average Bonchev–Trinajstić information content (AvgIpc) is 2.72. The van der Waals surface area contributed by atoms with Gasteiger partial charge in [-0.1, -0.05) is 24.3 Å². The number of aliphatic imine (C=N–C) groups is 1. The van der Waals surface area contributed by atoms with Crippen LogP contribution in [0.15, 0.2) is 47.5 Å². The van der Waals surface area contributed by atoms with Gasteiger partial charge in [0.25, 0.3) is 5.91 Å². The summed E-state index contributed by atoms with van der Waals surface area (Å²) in [6.45, 7) is 11.1.